The number of pyridine rings is 1. The molecule has 112 valence electrons. The van der Waals surface area contributed by atoms with Crippen molar-refractivity contribution in [3.63, 3.8) is 0 Å². The lowest BCUT2D eigenvalue weighted by Gasteiger charge is -2.16. The second-order valence-corrected chi connectivity index (χ2v) is 5.95. The molecule has 22 heavy (non-hydrogen) atoms. The highest BCUT2D eigenvalue weighted by molar-refractivity contribution is 5.71. The highest BCUT2D eigenvalue weighted by atomic mass is 19.1. The molecule has 1 saturated carbocycles. The highest BCUT2D eigenvalue weighted by Crippen LogP contribution is 2.33. The Hall–Kier alpha value is -2.23. The van der Waals surface area contributed by atoms with Crippen molar-refractivity contribution in [2.24, 2.45) is 0 Å². The zero-order valence-electron chi connectivity index (χ0n) is 12.4. The molecule has 2 aromatic heterocycles. The van der Waals surface area contributed by atoms with Crippen LogP contribution < -0.4 is 0 Å². The van der Waals surface area contributed by atoms with Crippen molar-refractivity contribution in [3.8, 4) is 0 Å². The van der Waals surface area contributed by atoms with Crippen molar-refractivity contribution in [1.82, 2.24) is 14.5 Å². The van der Waals surface area contributed by atoms with Gasteiger partial charge in [-0.2, -0.15) is 0 Å². The molecule has 0 atom stereocenters. The first-order valence-corrected chi connectivity index (χ1v) is 7.88. The van der Waals surface area contributed by atoms with Crippen LogP contribution in [0.4, 0.5) is 4.39 Å². The normalized spacial score (nSPS) is 15.7. The lowest BCUT2D eigenvalue weighted by Crippen LogP contribution is -2.11. The molecule has 0 amide bonds. The van der Waals surface area contributed by atoms with Gasteiger partial charge in [0, 0.05) is 18.7 Å². The van der Waals surface area contributed by atoms with Crippen LogP contribution in [0.3, 0.4) is 0 Å². The van der Waals surface area contributed by atoms with Crippen LogP contribution in [0.1, 0.15) is 43.1 Å². The Labute approximate surface area is 128 Å². The fraction of sp³-hybridized carbons (Fsp3) is 0.333. The first-order chi connectivity index (χ1) is 10.8. The van der Waals surface area contributed by atoms with Crippen LogP contribution in [-0.2, 0) is 6.42 Å². The summed E-state index contributed by atoms with van der Waals surface area (Å²) in [5.74, 6) is 0.756. The Morgan fingerprint density at radius 1 is 1.09 bits per heavy atom. The number of imidazole rings is 1. The van der Waals surface area contributed by atoms with Gasteiger partial charge in [0.2, 0.25) is 0 Å². The van der Waals surface area contributed by atoms with Crippen LogP contribution in [0.2, 0.25) is 0 Å². The van der Waals surface area contributed by atoms with Crippen molar-refractivity contribution < 1.29 is 4.39 Å². The molecule has 0 aliphatic heterocycles. The van der Waals surface area contributed by atoms with Crippen LogP contribution in [0.25, 0.3) is 11.2 Å². The van der Waals surface area contributed by atoms with E-state index in [4.69, 9.17) is 4.98 Å². The Morgan fingerprint density at radius 3 is 2.73 bits per heavy atom. The minimum Gasteiger partial charge on any atom is -0.309 e. The van der Waals surface area contributed by atoms with E-state index in [1.54, 1.807) is 6.07 Å². The molecule has 1 fully saturated rings. The standard InChI is InChI=1S/C18H18FN3/c19-15-9-4-1-6-13(15)12-17-21-16-10-5-11-20-18(16)22(17)14-7-2-3-8-14/h1,4-6,9-11,14H,2-3,7-8,12H2. The third kappa shape index (κ3) is 2.28. The van der Waals surface area contributed by atoms with E-state index in [1.165, 1.54) is 18.9 Å². The van der Waals surface area contributed by atoms with Gasteiger partial charge in [-0.15, -0.1) is 0 Å². The molecule has 0 N–H and O–H groups in total. The van der Waals surface area contributed by atoms with Gasteiger partial charge in [0.15, 0.2) is 5.65 Å². The fourth-order valence-corrected chi connectivity index (χ4v) is 3.46. The summed E-state index contributed by atoms with van der Waals surface area (Å²) in [6, 6.07) is 11.3. The van der Waals surface area contributed by atoms with E-state index in [2.05, 4.69) is 9.55 Å². The molecule has 4 heteroatoms. The summed E-state index contributed by atoms with van der Waals surface area (Å²) < 4.78 is 16.2. The van der Waals surface area contributed by atoms with Crippen LogP contribution in [0.15, 0.2) is 42.6 Å². The second-order valence-electron chi connectivity index (χ2n) is 5.95. The van der Waals surface area contributed by atoms with E-state index >= 15 is 0 Å². The number of nitrogens with zero attached hydrogens (tertiary/aromatic N) is 3. The zero-order chi connectivity index (χ0) is 14.9. The Morgan fingerprint density at radius 2 is 1.91 bits per heavy atom. The molecular formula is C18H18FN3. The summed E-state index contributed by atoms with van der Waals surface area (Å²) >= 11 is 0. The summed E-state index contributed by atoms with van der Waals surface area (Å²) in [5, 5.41) is 0. The summed E-state index contributed by atoms with van der Waals surface area (Å²) in [7, 11) is 0. The predicted octanol–water partition coefficient (Wildman–Crippen LogP) is 4.28. The lowest BCUT2D eigenvalue weighted by molar-refractivity contribution is 0.509. The van der Waals surface area contributed by atoms with Crippen molar-refractivity contribution in [1.29, 1.82) is 0 Å². The summed E-state index contributed by atoms with van der Waals surface area (Å²) in [6.45, 7) is 0. The van der Waals surface area contributed by atoms with Crippen LogP contribution >= 0.6 is 0 Å². The van der Waals surface area contributed by atoms with E-state index in [0.29, 0.717) is 18.0 Å². The second kappa shape index (κ2) is 5.52. The SMILES string of the molecule is Fc1ccccc1Cc1nc2cccnc2n1C1CCCC1. The molecule has 0 unspecified atom stereocenters. The van der Waals surface area contributed by atoms with Gasteiger partial charge in [0.1, 0.15) is 17.2 Å². The van der Waals surface area contributed by atoms with Crippen LogP contribution in [-0.4, -0.2) is 14.5 Å². The smallest absolute Gasteiger partial charge is 0.160 e. The zero-order valence-corrected chi connectivity index (χ0v) is 12.4. The topological polar surface area (TPSA) is 30.7 Å². The largest absolute Gasteiger partial charge is 0.309 e. The highest BCUT2D eigenvalue weighted by Gasteiger charge is 2.23. The molecule has 0 bridgehead atoms. The first kappa shape index (κ1) is 13.4. The van der Waals surface area contributed by atoms with Gasteiger partial charge in [0.25, 0.3) is 0 Å². The molecule has 0 saturated heterocycles. The number of benzene rings is 1. The van der Waals surface area contributed by atoms with Crippen LogP contribution in [0.5, 0.6) is 0 Å². The summed E-state index contributed by atoms with van der Waals surface area (Å²) in [6.07, 6.45) is 7.13. The molecular weight excluding hydrogens is 277 g/mol. The number of hydrogen-bond acceptors (Lipinski definition) is 2. The van der Waals surface area contributed by atoms with Gasteiger partial charge in [-0.1, -0.05) is 31.0 Å². The Bertz CT molecular complexity index is 803. The molecule has 1 aliphatic rings. The maximum absolute atomic E-state index is 14.0. The number of fused-ring (bicyclic) bond motifs is 1. The van der Waals surface area contributed by atoms with Gasteiger partial charge in [-0.25, -0.2) is 14.4 Å². The van der Waals surface area contributed by atoms with Crippen molar-refractivity contribution >= 4 is 11.2 Å². The quantitative estimate of drug-likeness (QED) is 0.722. The molecule has 2 heterocycles. The van der Waals surface area contributed by atoms with E-state index in [1.807, 2.05) is 30.5 Å². The van der Waals surface area contributed by atoms with Crippen LogP contribution in [0, 0.1) is 5.82 Å². The van der Waals surface area contributed by atoms with Gasteiger partial charge < -0.3 is 4.57 Å². The first-order valence-electron chi connectivity index (χ1n) is 7.88. The van der Waals surface area contributed by atoms with E-state index in [0.717, 1.165) is 29.8 Å². The minimum absolute atomic E-state index is 0.166. The maximum atomic E-state index is 14.0. The van der Waals surface area contributed by atoms with E-state index < -0.39 is 0 Å². The molecule has 1 aliphatic carbocycles. The lowest BCUT2D eigenvalue weighted by atomic mass is 10.1. The molecule has 3 aromatic rings. The molecule has 3 nitrogen and oxygen atoms in total. The molecule has 4 rings (SSSR count). The average Bonchev–Trinajstić information content (AvgIpc) is 3.16. The minimum atomic E-state index is -0.166. The van der Waals surface area contributed by atoms with Gasteiger partial charge in [0.05, 0.1) is 0 Å². The average molecular weight is 295 g/mol. The maximum Gasteiger partial charge on any atom is 0.160 e. The fourth-order valence-electron chi connectivity index (χ4n) is 3.46. The molecule has 0 radical (unpaired) electrons. The summed E-state index contributed by atoms with van der Waals surface area (Å²) in [4.78, 5) is 9.24. The number of halogens is 1. The van der Waals surface area contributed by atoms with Crippen molar-refractivity contribution in [2.75, 3.05) is 0 Å². The number of hydrogen-bond donors (Lipinski definition) is 0. The van der Waals surface area contributed by atoms with Crippen molar-refractivity contribution in [3.05, 3.63) is 59.8 Å². The van der Waals surface area contributed by atoms with Gasteiger partial charge in [-0.05, 0) is 36.6 Å². The van der Waals surface area contributed by atoms with E-state index in [-0.39, 0.29) is 5.82 Å². The molecule has 1 aromatic carbocycles. The summed E-state index contributed by atoms with van der Waals surface area (Å²) in [5.41, 5.74) is 2.53. The van der Waals surface area contributed by atoms with Gasteiger partial charge >= 0.3 is 0 Å². The number of aromatic nitrogens is 3. The molecule has 0 spiro atoms. The van der Waals surface area contributed by atoms with E-state index in [9.17, 15) is 4.39 Å². The third-order valence-electron chi connectivity index (χ3n) is 4.52. The predicted molar refractivity (Wildman–Crippen MR) is 84.2 cm³/mol. The van der Waals surface area contributed by atoms with Gasteiger partial charge in [-0.3, -0.25) is 0 Å². The number of rotatable bonds is 3. The Balaban J connectivity index is 1.82. The van der Waals surface area contributed by atoms with Crippen molar-refractivity contribution in [2.45, 2.75) is 38.1 Å². The monoisotopic (exact) mass is 295 g/mol. The third-order valence-corrected chi connectivity index (χ3v) is 4.52. The Kier molecular flexibility index (Phi) is 3.37.